The molecule has 0 radical (unpaired) electrons. The fraction of sp³-hybridized carbons (Fsp3) is 0.494. The molecule has 0 unspecified atom stereocenters. The molecule has 8 amide bonds. The molecule has 17 rings (SSSR count). The molecule has 18 atom stereocenters. The Morgan fingerprint density at radius 2 is 1.30 bits per heavy atom. The van der Waals surface area contributed by atoms with Gasteiger partial charge in [-0.15, -0.1) is 0 Å². The molecule has 0 aromatic heterocycles. The van der Waals surface area contributed by atoms with Crippen molar-refractivity contribution in [2.45, 2.75) is 213 Å². The molecule has 20 N–H and O–H groups in total. The molecule has 6 fully saturated rings. The quantitative estimate of drug-likeness (QED) is 0.0430. The zero-order valence-electron chi connectivity index (χ0n) is 69.9. The number of phenolic OH excluding ortho intramolecular Hbond substituents is 3. The first kappa shape index (κ1) is 92.9. The third kappa shape index (κ3) is 20.3. The van der Waals surface area contributed by atoms with Gasteiger partial charge in [-0.2, -0.15) is 0 Å². The van der Waals surface area contributed by atoms with E-state index in [9.17, 15) is 64.0 Å². The summed E-state index contributed by atoms with van der Waals surface area (Å²) < 4.78 is 80.7. The number of ether oxygens (including phenoxy) is 8. The first-order valence-corrected chi connectivity index (χ1v) is 44.2. The van der Waals surface area contributed by atoms with E-state index in [-0.39, 0.29) is 76.5 Å². The number of aliphatic hydroxyl groups excluding tert-OH is 6. The molecule has 684 valence electrons. The van der Waals surface area contributed by atoms with Crippen LogP contribution in [0.2, 0.25) is 10.0 Å². The van der Waals surface area contributed by atoms with Crippen molar-refractivity contribution >= 4 is 80.5 Å². The summed E-state index contributed by atoms with van der Waals surface area (Å²) >= 11 is 14.5. The van der Waals surface area contributed by atoms with Gasteiger partial charge in [0, 0.05) is 54.8 Å². The number of amides is 8. The normalized spacial score (nSPS) is 30.2. The van der Waals surface area contributed by atoms with Crippen LogP contribution in [0.1, 0.15) is 151 Å². The van der Waals surface area contributed by atoms with Crippen molar-refractivity contribution < 1.29 is 131 Å². The van der Waals surface area contributed by atoms with Crippen LogP contribution in [0, 0.1) is 29.6 Å². The molecule has 37 nitrogen and oxygen atoms in total. The Bertz CT molecular complexity index is 5260. The van der Waals surface area contributed by atoms with Gasteiger partial charge in [-0.05, 0) is 203 Å². The number of likely N-dealkylation sites (N-methyl/N-ethyl adjacent to an activating group) is 1. The summed E-state index contributed by atoms with van der Waals surface area (Å²) in [6, 6.07) is 3.99. The second-order valence-electron chi connectivity index (χ2n) is 34.3. The van der Waals surface area contributed by atoms with Crippen molar-refractivity contribution in [1.82, 2.24) is 47.3 Å². The average molecular weight is 1820 g/mol. The van der Waals surface area contributed by atoms with Gasteiger partial charge in [-0.25, -0.2) is 13.1 Å². The second-order valence-corrected chi connectivity index (χ2v) is 36.8. The van der Waals surface area contributed by atoms with Crippen LogP contribution in [0.15, 0.2) is 108 Å². The lowest BCUT2D eigenvalue weighted by Gasteiger charge is -2.54. The van der Waals surface area contributed by atoms with Gasteiger partial charge in [-0.3, -0.25) is 38.4 Å². The van der Waals surface area contributed by atoms with Crippen LogP contribution in [-0.2, 0) is 67.3 Å². The largest absolute Gasteiger partial charge is 0.508 e. The fourth-order valence-corrected chi connectivity index (χ4v) is 19.8. The maximum absolute atomic E-state index is 16.7. The van der Waals surface area contributed by atoms with E-state index in [1.165, 1.54) is 51.2 Å². The summed E-state index contributed by atoms with van der Waals surface area (Å²) in [5.74, 6) is -14.3. The fourth-order valence-electron chi connectivity index (χ4n) is 18.4. The number of benzene rings is 6. The lowest BCUT2D eigenvalue weighted by atomic mass is 9.54. The van der Waals surface area contributed by atoms with Crippen LogP contribution in [-0.4, -0.2) is 220 Å². The van der Waals surface area contributed by atoms with E-state index in [0.29, 0.717) is 31.5 Å². The van der Waals surface area contributed by atoms with Crippen molar-refractivity contribution in [2.24, 2.45) is 35.3 Å². The Hall–Kier alpha value is -10.3. The van der Waals surface area contributed by atoms with Crippen LogP contribution >= 0.6 is 23.2 Å². The highest BCUT2D eigenvalue weighted by Crippen LogP contribution is 2.55. The number of nitrogens with one attached hydrogen (secondary N) is 9. The molecule has 2 saturated heterocycles. The van der Waals surface area contributed by atoms with Crippen molar-refractivity contribution in [2.75, 3.05) is 33.5 Å². The van der Waals surface area contributed by atoms with Gasteiger partial charge in [-0.1, -0.05) is 55.2 Å². The Kier molecular flexibility index (Phi) is 28.2. The van der Waals surface area contributed by atoms with E-state index >= 15 is 28.8 Å². The number of carbonyl (C=O) groups excluding carboxylic acids is 8. The third-order valence-corrected chi connectivity index (χ3v) is 26.6. The van der Waals surface area contributed by atoms with Crippen molar-refractivity contribution in [3.8, 4) is 62.9 Å². The molecule has 0 spiro atoms. The predicted molar refractivity (Wildman–Crippen MR) is 450 cm³/mol. The minimum atomic E-state index is -4.94. The maximum Gasteiger partial charge on any atom is 0.264 e. The molecule has 7 heterocycles. The molecular formula is C87H104Cl2N10O27S. The van der Waals surface area contributed by atoms with E-state index in [1.54, 1.807) is 13.8 Å². The SMILES string of the molecule is CCOCCCOc1ccc(S(=O)(=O)NC(=O)C[C@@H]2NC(=O)[C@H](NC(=O)[C@@H](CC(C)C)NC)[C@H](O)c3ccc(c(Cl)c3)Oc3cc4cc(c3O[C@@H]3O[C@H](CO)[C@@H](O)[C@H](O)[C@H]3O[C@H]3C[C@](C)(N)[C@H](O)[C@H](C)O3)Oc3ccc(cc3Cl)[C@@H](O)[C@@H]3NC(=O)[C@H](NC(=O)[C@@H]4NC2=O)c2ccc(O)c(c2)-c2c(O)cc(O)cc2[C@@H](C(=O)NC2C4CC5CC(C4)CC2C5)NC3=O)cc1. The Labute approximate surface area is 739 Å². The van der Waals surface area contributed by atoms with E-state index in [2.05, 4.69) is 42.5 Å². The lowest BCUT2D eigenvalue weighted by Crippen LogP contribution is -2.64. The monoisotopic (exact) mass is 1820 g/mol. The number of carbonyl (C=O) groups is 8. The zero-order chi connectivity index (χ0) is 91.1. The number of hydrogen-bond acceptors (Lipinski definition) is 29. The van der Waals surface area contributed by atoms with E-state index < -0.39 is 252 Å². The molecule has 15 bridgehead atoms. The van der Waals surface area contributed by atoms with Gasteiger partial charge in [0.1, 0.15) is 101 Å². The first-order valence-electron chi connectivity index (χ1n) is 42.0. The van der Waals surface area contributed by atoms with Crippen LogP contribution < -0.4 is 71.9 Å². The summed E-state index contributed by atoms with van der Waals surface area (Å²) in [7, 11) is -3.49. The zero-order valence-corrected chi connectivity index (χ0v) is 72.2. The smallest absolute Gasteiger partial charge is 0.264 e. The number of aliphatic hydroxyl groups is 6. The van der Waals surface area contributed by atoms with Crippen molar-refractivity contribution in [3.05, 3.63) is 141 Å². The third-order valence-electron chi connectivity index (χ3n) is 24.6. The van der Waals surface area contributed by atoms with Crippen LogP contribution in [0.5, 0.6) is 51.7 Å². The predicted octanol–water partition coefficient (Wildman–Crippen LogP) is 3.79. The molecule has 40 heteroatoms. The van der Waals surface area contributed by atoms with Crippen molar-refractivity contribution in [3.63, 3.8) is 0 Å². The summed E-state index contributed by atoms with van der Waals surface area (Å²) in [5, 5.41) is 127. The van der Waals surface area contributed by atoms with Crippen LogP contribution in [0.25, 0.3) is 11.1 Å². The highest BCUT2D eigenvalue weighted by atomic mass is 35.5. The molecule has 4 saturated carbocycles. The number of hydrogen-bond donors (Lipinski definition) is 19. The molecule has 4 aliphatic carbocycles. The van der Waals surface area contributed by atoms with Gasteiger partial charge in [0.25, 0.3) is 10.0 Å². The number of fused-ring (bicyclic) bond motifs is 15. The molecule has 7 aliphatic heterocycles. The van der Waals surface area contributed by atoms with E-state index in [4.69, 9.17) is 66.8 Å². The van der Waals surface area contributed by atoms with Crippen LogP contribution in [0.3, 0.4) is 0 Å². The molecule has 11 aliphatic rings. The minimum Gasteiger partial charge on any atom is -0.508 e. The first-order chi connectivity index (χ1) is 60.4. The van der Waals surface area contributed by atoms with Gasteiger partial charge >= 0.3 is 0 Å². The van der Waals surface area contributed by atoms with Gasteiger partial charge in [0.15, 0.2) is 23.9 Å². The number of halogens is 2. The molecular weight excluding hydrogens is 1720 g/mol. The highest BCUT2D eigenvalue weighted by molar-refractivity contribution is 7.90. The number of aromatic hydroxyl groups is 3. The van der Waals surface area contributed by atoms with Gasteiger partial charge in [0.05, 0.1) is 52.8 Å². The van der Waals surface area contributed by atoms with Gasteiger partial charge in [0.2, 0.25) is 59.3 Å². The summed E-state index contributed by atoms with van der Waals surface area (Å²) in [5.41, 5.74) is 2.70. The Morgan fingerprint density at radius 3 is 1.91 bits per heavy atom. The Morgan fingerprint density at radius 1 is 0.677 bits per heavy atom. The molecule has 127 heavy (non-hydrogen) atoms. The standard InChI is InChI=1S/C87H104Cl2N10O27S/c1-7-119-19-8-20-120-48-12-14-49(15-13-48)127(117,118)99-63(104)34-55-80(111)94-68-46-30-60(122-58-17-10-42(28-52(58)88)72(105)70(84(115)92-55)97-79(110)54(91-6)21-37(2)3)76(126-86-77(75(108)74(107)62(36-100)124-86)125-64-35-87(5,90)78(109)38(4)121-64)61(31-46)123-59-18-11-43(29-53(59)89)73(106)71-85(116)96-69(83(114)93-66-44-23-39-22-40(25-44)26-45(66)24-39)51-32-47(101)33-57(103)65(51)50-27-41(9-16-56(50)102)67(81(112)98-71)95-82(68)113/h9-18,27-33,37-40,44-45,54-55,62,64,66-75,77-78,86,91,100-103,105-109H,7-8,19-26,34-36,90H2,1-6H3,(H,92,115)(H,93,114)(H,94,111)(H,95,113)(H,96,116)(H,97,110)(H,98,112)(H,99,104)/t38-,39?,40?,44?,45?,54+,55-,62+,64-,66?,67+,68+,69-,70+,71-,72+,73+,74+,75-,77+,78+,86-,87-/m0/s1. The number of phenols is 3. The number of sulfonamides is 1. The van der Waals surface area contributed by atoms with Gasteiger partial charge < -0.3 is 132 Å². The number of nitrogens with two attached hydrogens (primary N) is 1. The van der Waals surface area contributed by atoms with E-state index in [0.717, 1.165) is 105 Å². The van der Waals surface area contributed by atoms with Crippen molar-refractivity contribution in [1.29, 1.82) is 0 Å². The summed E-state index contributed by atoms with van der Waals surface area (Å²) in [6.45, 7) is 8.44. The maximum atomic E-state index is 16.7. The second kappa shape index (κ2) is 38.6. The lowest BCUT2D eigenvalue weighted by molar-refractivity contribution is -0.333. The highest BCUT2D eigenvalue weighted by Gasteiger charge is 2.53. The van der Waals surface area contributed by atoms with Crippen LogP contribution in [0.4, 0.5) is 0 Å². The topological polar surface area (TPSA) is 561 Å². The van der Waals surface area contributed by atoms with E-state index in [1.807, 2.05) is 11.6 Å². The Balaban J connectivity index is 0.959. The molecule has 6 aromatic rings. The number of rotatable bonds is 22. The minimum absolute atomic E-state index is 0.0427. The summed E-state index contributed by atoms with van der Waals surface area (Å²) in [6.07, 6.45) is -14.6. The average Bonchev–Trinajstić information content (AvgIpc) is 0.761. The summed E-state index contributed by atoms with van der Waals surface area (Å²) in [4.78, 5) is 125. The molecule has 6 aromatic carbocycles.